The summed E-state index contributed by atoms with van der Waals surface area (Å²) in [6, 6.07) is 0. The summed E-state index contributed by atoms with van der Waals surface area (Å²) >= 11 is 1.14. The van der Waals surface area contributed by atoms with Crippen LogP contribution in [0.2, 0.25) is 0 Å². The summed E-state index contributed by atoms with van der Waals surface area (Å²) in [4.78, 5) is 35.7. The Bertz CT molecular complexity index is 730. The Morgan fingerprint density at radius 3 is 3.05 bits per heavy atom. The predicted molar refractivity (Wildman–Crippen MR) is 79.4 cm³/mol. The van der Waals surface area contributed by atoms with Gasteiger partial charge in [0.2, 0.25) is 23.0 Å². The fraction of sp³-hybridized carbons (Fsp3) is 0.333. The van der Waals surface area contributed by atoms with E-state index >= 15 is 0 Å². The van der Waals surface area contributed by atoms with E-state index in [-0.39, 0.29) is 29.3 Å². The maximum atomic E-state index is 11.8. The SMILES string of the molecule is Nc1nc(SCC(=O)Nc2ncc3c(n2)CCCC3=O)n[nH]1. The Hall–Kier alpha value is -2.49. The first kappa shape index (κ1) is 14.4. The van der Waals surface area contributed by atoms with Crippen molar-refractivity contribution in [2.75, 3.05) is 16.8 Å². The van der Waals surface area contributed by atoms with Gasteiger partial charge in [-0.1, -0.05) is 11.8 Å². The molecule has 1 amide bonds. The Kier molecular flexibility index (Phi) is 4.00. The zero-order valence-corrected chi connectivity index (χ0v) is 12.3. The molecule has 0 bridgehead atoms. The highest BCUT2D eigenvalue weighted by molar-refractivity contribution is 7.99. The Balaban J connectivity index is 1.60. The van der Waals surface area contributed by atoms with Crippen molar-refractivity contribution in [2.24, 2.45) is 0 Å². The molecule has 0 aromatic carbocycles. The molecule has 9 nitrogen and oxygen atoms in total. The summed E-state index contributed by atoms with van der Waals surface area (Å²) in [5.41, 5.74) is 6.64. The van der Waals surface area contributed by atoms with Gasteiger partial charge >= 0.3 is 0 Å². The van der Waals surface area contributed by atoms with Crippen LogP contribution < -0.4 is 11.1 Å². The highest BCUT2D eigenvalue weighted by Crippen LogP contribution is 2.20. The summed E-state index contributed by atoms with van der Waals surface area (Å²) < 4.78 is 0. The molecule has 3 rings (SSSR count). The molecule has 0 spiro atoms. The van der Waals surface area contributed by atoms with E-state index in [1.807, 2.05) is 0 Å². The van der Waals surface area contributed by atoms with E-state index in [1.54, 1.807) is 0 Å². The van der Waals surface area contributed by atoms with Gasteiger partial charge in [0.25, 0.3) is 0 Å². The van der Waals surface area contributed by atoms with Gasteiger partial charge in [0.05, 0.1) is 17.0 Å². The van der Waals surface area contributed by atoms with Crippen LogP contribution in [-0.2, 0) is 11.2 Å². The zero-order valence-electron chi connectivity index (χ0n) is 11.5. The lowest BCUT2D eigenvalue weighted by Gasteiger charge is -2.13. The standard InChI is InChI=1S/C12H13N7O2S/c13-10-17-12(19-18-10)22-5-9(21)16-11-14-4-6-7(15-11)2-1-3-8(6)20/h4H,1-3,5H2,(H3,13,17,18,19)(H,14,15,16,21). The number of carbonyl (C=O) groups excluding carboxylic acids is 2. The van der Waals surface area contributed by atoms with Crippen molar-refractivity contribution >= 4 is 35.3 Å². The van der Waals surface area contributed by atoms with E-state index in [0.717, 1.165) is 24.6 Å². The average molecular weight is 319 g/mol. The lowest BCUT2D eigenvalue weighted by Crippen LogP contribution is -2.19. The number of fused-ring (bicyclic) bond motifs is 1. The van der Waals surface area contributed by atoms with E-state index in [0.29, 0.717) is 22.8 Å². The van der Waals surface area contributed by atoms with Gasteiger partial charge in [-0.3, -0.25) is 14.9 Å². The highest BCUT2D eigenvalue weighted by atomic mass is 32.2. The van der Waals surface area contributed by atoms with Gasteiger partial charge < -0.3 is 5.73 Å². The number of H-pyrrole nitrogens is 1. The second-order valence-electron chi connectivity index (χ2n) is 4.67. The molecule has 0 unspecified atom stereocenters. The number of nitrogens with one attached hydrogen (secondary N) is 2. The van der Waals surface area contributed by atoms with Crippen LogP contribution in [0.25, 0.3) is 0 Å². The van der Waals surface area contributed by atoms with E-state index in [4.69, 9.17) is 5.73 Å². The smallest absolute Gasteiger partial charge is 0.237 e. The number of ketones is 1. The first-order valence-electron chi connectivity index (χ1n) is 6.61. The zero-order chi connectivity index (χ0) is 15.5. The lowest BCUT2D eigenvalue weighted by atomic mass is 9.96. The molecule has 22 heavy (non-hydrogen) atoms. The van der Waals surface area contributed by atoms with Gasteiger partial charge in [-0.15, -0.1) is 5.10 Å². The van der Waals surface area contributed by atoms with E-state index in [9.17, 15) is 9.59 Å². The normalized spacial score (nSPS) is 13.7. The number of aryl methyl sites for hydroxylation is 1. The van der Waals surface area contributed by atoms with E-state index < -0.39 is 0 Å². The maximum Gasteiger partial charge on any atom is 0.237 e. The summed E-state index contributed by atoms with van der Waals surface area (Å²) in [7, 11) is 0. The molecule has 4 N–H and O–H groups in total. The molecule has 1 aliphatic carbocycles. The summed E-state index contributed by atoms with van der Waals surface area (Å²) in [5, 5.41) is 9.29. The number of nitrogen functional groups attached to an aromatic ring is 1. The van der Waals surface area contributed by atoms with Gasteiger partial charge in [-0.05, 0) is 12.8 Å². The van der Waals surface area contributed by atoms with Crippen LogP contribution in [0.5, 0.6) is 0 Å². The summed E-state index contributed by atoms with van der Waals surface area (Å²) in [6.45, 7) is 0. The number of rotatable bonds is 4. The van der Waals surface area contributed by atoms with Gasteiger partial charge in [-0.25, -0.2) is 15.1 Å². The van der Waals surface area contributed by atoms with Crippen LogP contribution in [0.15, 0.2) is 11.4 Å². The lowest BCUT2D eigenvalue weighted by molar-refractivity contribution is -0.113. The van der Waals surface area contributed by atoms with E-state index in [2.05, 4.69) is 30.5 Å². The van der Waals surface area contributed by atoms with Gasteiger partial charge in [-0.2, -0.15) is 4.98 Å². The predicted octanol–water partition coefficient (Wildman–Crippen LogP) is 0.427. The fourth-order valence-electron chi connectivity index (χ4n) is 2.07. The molecule has 0 radical (unpaired) electrons. The number of amides is 1. The van der Waals surface area contributed by atoms with Crippen molar-refractivity contribution in [3.05, 3.63) is 17.5 Å². The molecule has 0 atom stereocenters. The number of thioether (sulfide) groups is 1. The third kappa shape index (κ3) is 3.22. The number of nitrogens with two attached hydrogens (primary N) is 1. The first-order valence-corrected chi connectivity index (χ1v) is 7.60. The number of hydrogen-bond acceptors (Lipinski definition) is 8. The number of aromatic nitrogens is 5. The van der Waals surface area contributed by atoms with Crippen LogP contribution in [-0.4, -0.2) is 42.6 Å². The summed E-state index contributed by atoms with van der Waals surface area (Å²) in [6.07, 6.45) is 3.50. The van der Waals surface area contributed by atoms with Crippen molar-refractivity contribution < 1.29 is 9.59 Å². The molecule has 2 heterocycles. The third-order valence-electron chi connectivity index (χ3n) is 3.05. The maximum absolute atomic E-state index is 11.8. The van der Waals surface area contributed by atoms with Gasteiger partial charge in [0.1, 0.15) is 0 Å². The number of anilines is 2. The summed E-state index contributed by atoms with van der Waals surface area (Å²) in [5.74, 6) is 0.280. The van der Waals surface area contributed by atoms with Crippen molar-refractivity contribution in [1.82, 2.24) is 25.1 Å². The fourth-order valence-corrected chi connectivity index (χ4v) is 2.67. The third-order valence-corrected chi connectivity index (χ3v) is 3.90. The molecule has 1 aliphatic rings. The number of nitrogens with zero attached hydrogens (tertiary/aromatic N) is 4. The molecule has 0 saturated carbocycles. The van der Waals surface area contributed by atoms with Crippen LogP contribution in [0.4, 0.5) is 11.9 Å². The molecular weight excluding hydrogens is 306 g/mol. The van der Waals surface area contributed by atoms with E-state index in [1.165, 1.54) is 6.20 Å². The highest BCUT2D eigenvalue weighted by Gasteiger charge is 2.19. The van der Waals surface area contributed by atoms with Gasteiger partial charge in [0, 0.05) is 12.6 Å². The molecule has 2 aromatic heterocycles. The Morgan fingerprint density at radius 2 is 2.27 bits per heavy atom. The Morgan fingerprint density at radius 1 is 1.41 bits per heavy atom. The molecule has 10 heteroatoms. The average Bonchev–Trinajstić information content (AvgIpc) is 2.91. The molecule has 114 valence electrons. The molecule has 0 fully saturated rings. The monoisotopic (exact) mass is 319 g/mol. The van der Waals surface area contributed by atoms with Crippen LogP contribution in [0.3, 0.4) is 0 Å². The van der Waals surface area contributed by atoms with Crippen LogP contribution in [0.1, 0.15) is 28.9 Å². The van der Waals surface area contributed by atoms with Crippen molar-refractivity contribution in [3.8, 4) is 0 Å². The largest absolute Gasteiger partial charge is 0.368 e. The number of carbonyl (C=O) groups is 2. The van der Waals surface area contributed by atoms with Crippen LogP contribution in [0, 0.1) is 0 Å². The number of Topliss-reactive ketones (excluding diaryl/α,β-unsaturated/α-hetero) is 1. The quantitative estimate of drug-likeness (QED) is 0.689. The minimum absolute atomic E-state index is 0.0527. The van der Waals surface area contributed by atoms with Crippen molar-refractivity contribution in [3.63, 3.8) is 0 Å². The van der Waals surface area contributed by atoms with Crippen molar-refractivity contribution in [2.45, 2.75) is 24.4 Å². The molecule has 2 aromatic rings. The molecule has 0 saturated heterocycles. The van der Waals surface area contributed by atoms with Gasteiger partial charge in [0.15, 0.2) is 5.78 Å². The molecule has 0 aliphatic heterocycles. The minimum atomic E-state index is -0.282. The second-order valence-corrected chi connectivity index (χ2v) is 5.61. The topological polar surface area (TPSA) is 140 Å². The molecular formula is C12H13N7O2S. The first-order chi connectivity index (χ1) is 10.6. The Labute approximate surface area is 129 Å². The minimum Gasteiger partial charge on any atom is -0.368 e. The number of aromatic amines is 1. The van der Waals surface area contributed by atoms with Crippen molar-refractivity contribution in [1.29, 1.82) is 0 Å². The second kappa shape index (κ2) is 6.10. The van der Waals surface area contributed by atoms with Crippen LogP contribution >= 0.6 is 11.8 Å². The number of hydrogen-bond donors (Lipinski definition) is 3.